The highest BCUT2D eigenvalue weighted by Crippen LogP contribution is 2.41. The third-order valence-corrected chi connectivity index (χ3v) is 7.53. The van der Waals surface area contributed by atoms with Crippen molar-refractivity contribution < 1.29 is 22.7 Å². The van der Waals surface area contributed by atoms with Crippen LogP contribution in [0.3, 0.4) is 0 Å². The molecule has 0 saturated heterocycles. The number of carbonyl (C=O) groups excluding carboxylic acids is 2. The number of carbonyl (C=O) groups is 2. The van der Waals surface area contributed by atoms with Gasteiger partial charge in [0.15, 0.2) is 21.7 Å². The Hall–Kier alpha value is -2.67. The molecule has 1 atom stereocenters. The van der Waals surface area contributed by atoms with Crippen molar-refractivity contribution in [1.82, 2.24) is 5.32 Å². The van der Waals surface area contributed by atoms with E-state index in [1.54, 1.807) is 13.0 Å². The average Bonchev–Trinajstić information content (AvgIpc) is 2.78. The molecular weight excluding hydrogens is 474 g/mol. The van der Waals surface area contributed by atoms with Crippen LogP contribution in [0.25, 0.3) is 0 Å². The topological polar surface area (TPSA) is 89.5 Å². The second kappa shape index (κ2) is 11.2. The molecule has 0 heterocycles. The monoisotopic (exact) mass is 515 g/mol. The number of hydrogen-bond donors (Lipinski definition) is 1. The molecule has 0 spiro atoms. The first kappa shape index (κ1) is 29.6. The van der Waals surface area contributed by atoms with Gasteiger partial charge < -0.3 is 10.1 Å². The van der Waals surface area contributed by atoms with Crippen LogP contribution >= 0.6 is 0 Å². The molecule has 1 N–H and O–H groups in total. The Morgan fingerprint density at radius 2 is 1.47 bits per heavy atom. The molecule has 2 aromatic carbocycles. The van der Waals surface area contributed by atoms with Gasteiger partial charge in [0.1, 0.15) is 11.6 Å². The molecule has 0 aromatic heterocycles. The fraction of sp³-hybridized carbons (Fsp3) is 0.517. The molecule has 0 bridgehead atoms. The van der Waals surface area contributed by atoms with Gasteiger partial charge in [-0.3, -0.25) is 9.59 Å². The Bertz CT molecular complexity index is 1220. The third kappa shape index (κ3) is 6.75. The van der Waals surface area contributed by atoms with E-state index in [0.29, 0.717) is 11.3 Å². The maximum absolute atomic E-state index is 12.6. The zero-order chi connectivity index (χ0) is 27.5. The molecule has 0 saturated carbocycles. The van der Waals surface area contributed by atoms with Crippen molar-refractivity contribution in [3.05, 3.63) is 64.2 Å². The van der Waals surface area contributed by atoms with Gasteiger partial charge in [0, 0.05) is 22.6 Å². The summed E-state index contributed by atoms with van der Waals surface area (Å²) in [5.41, 5.74) is 3.69. The van der Waals surface area contributed by atoms with E-state index < -0.39 is 33.1 Å². The number of nitrogens with one attached hydrogen (secondary N) is 1. The van der Waals surface area contributed by atoms with Crippen LogP contribution in [0.15, 0.2) is 36.4 Å². The predicted octanol–water partition coefficient (Wildman–Crippen LogP) is 5.52. The summed E-state index contributed by atoms with van der Waals surface area (Å²) in [5, 5.41) is 2.48. The van der Waals surface area contributed by atoms with E-state index in [1.165, 1.54) is 0 Å². The highest BCUT2D eigenvalue weighted by Gasteiger charge is 2.32. The minimum Gasteiger partial charge on any atom is -0.483 e. The summed E-state index contributed by atoms with van der Waals surface area (Å²) in [4.78, 5) is 25.1. The van der Waals surface area contributed by atoms with Gasteiger partial charge in [-0.1, -0.05) is 58.9 Å². The van der Waals surface area contributed by atoms with Gasteiger partial charge in [-0.25, -0.2) is 8.42 Å². The van der Waals surface area contributed by atoms with Gasteiger partial charge in [-0.05, 0) is 68.0 Å². The summed E-state index contributed by atoms with van der Waals surface area (Å²) in [6.07, 6.45) is 2.24. The molecule has 2 aromatic rings. The third-order valence-electron chi connectivity index (χ3n) is 6.87. The number of sulfone groups is 1. The zero-order valence-corrected chi connectivity index (χ0v) is 23.9. The first-order valence-electron chi connectivity index (χ1n) is 12.4. The molecule has 0 radical (unpaired) electrons. The molecule has 36 heavy (non-hydrogen) atoms. The largest absolute Gasteiger partial charge is 0.483 e. The highest BCUT2D eigenvalue weighted by molar-refractivity contribution is 7.90. The summed E-state index contributed by atoms with van der Waals surface area (Å²) >= 11 is 0. The molecule has 0 aliphatic rings. The molecule has 2 rings (SSSR count). The van der Waals surface area contributed by atoms with Crippen molar-refractivity contribution >= 4 is 21.5 Å². The van der Waals surface area contributed by atoms with Crippen LogP contribution in [-0.4, -0.2) is 38.3 Å². The van der Waals surface area contributed by atoms with E-state index >= 15 is 0 Å². The van der Waals surface area contributed by atoms with Gasteiger partial charge >= 0.3 is 0 Å². The SMILES string of the molecule is CCC(CC)(c1ccc(OC(C)C(=O)C(C)(C)C)c(C)c1)c1ccc(C(=O)NCS(C)(=O)=O)c(C)c1. The van der Waals surface area contributed by atoms with Gasteiger partial charge in [-0.2, -0.15) is 0 Å². The Morgan fingerprint density at radius 1 is 0.944 bits per heavy atom. The Labute approximate surface area is 216 Å². The van der Waals surface area contributed by atoms with Crippen LogP contribution in [0, 0.1) is 19.3 Å². The van der Waals surface area contributed by atoms with Gasteiger partial charge in [0.25, 0.3) is 5.91 Å². The first-order chi connectivity index (χ1) is 16.6. The van der Waals surface area contributed by atoms with Crippen LogP contribution in [0.4, 0.5) is 0 Å². The lowest BCUT2D eigenvalue weighted by Gasteiger charge is -2.34. The fourth-order valence-corrected chi connectivity index (χ4v) is 5.07. The van der Waals surface area contributed by atoms with Crippen LogP contribution in [0.2, 0.25) is 0 Å². The Kier molecular flexibility index (Phi) is 9.16. The fourth-order valence-electron chi connectivity index (χ4n) is 4.67. The summed E-state index contributed by atoms with van der Waals surface area (Å²) in [6.45, 7) is 15.6. The zero-order valence-electron chi connectivity index (χ0n) is 23.1. The smallest absolute Gasteiger partial charge is 0.252 e. The molecule has 6 nitrogen and oxygen atoms in total. The van der Waals surface area contributed by atoms with Crippen molar-refractivity contribution in [2.45, 2.75) is 79.8 Å². The van der Waals surface area contributed by atoms with E-state index in [9.17, 15) is 18.0 Å². The average molecular weight is 516 g/mol. The summed E-state index contributed by atoms with van der Waals surface area (Å²) in [7, 11) is -3.30. The first-order valence-corrected chi connectivity index (χ1v) is 14.5. The summed E-state index contributed by atoms with van der Waals surface area (Å²) in [5.74, 6) is -0.0499. The molecule has 0 fully saturated rings. The number of benzene rings is 2. The minimum atomic E-state index is -3.30. The number of hydrogen-bond acceptors (Lipinski definition) is 5. The van der Waals surface area contributed by atoms with E-state index in [1.807, 2.05) is 52.8 Å². The quantitative estimate of drug-likeness (QED) is 0.450. The second-order valence-electron chi connectivity index (χ2n) is 10.7. The van der Waals surface area contributed by atoms with Gasteiger partial charge in [-0.15, -0.1) is 0 Å². The highest BCUT2D eigenvalue weighted by atomic mass is 32.2. The second-order valence-corrected chi connectivity index (χ2v) is 12.9. The molecule has 1 amide bonds. The Balaban J connectivity index is 2.40. The minimum absolute atomic E-state index is 0.0542. The number of Topliss-reactive ketones (excluding diaryl/α,β-unsaturated/α-hetero) is 1. The number of rotatable bonds is 10. The maximum atomic E-state index is 12.6. The van der Waals surface area contributed by atoms with Gasteiger partial charge in [0.2, 0.25) is 0 Å². The molecule has 0 aliphatic carbocycles. The molecule has 198 valence electrons. The number of ether oxygens (including phenoxy) is 1. The normalized spacial score (nSPS) is 13.2. The maximum Gasteiger partial charge on any atom is 0.252 e. The summed E-state index contributed by atoms with van der Waals surface area (Å²) < 4.78 is 28.9. The number of ketones is 1. The van der Waals surface area contributed by atoms with Crippen molar-refractivity contribution in [2.75, 3.05) is 12.1 Å². The van der Waals surface area contributed by atoms with Crippen molar-refractivity contribution in [3.63, 3.8) is 0 Å². The summed E-state index contributed by atoms with van der Waals surface area (Å²) in [6, 6.07) is 11.9. The standard InChI is InChI=1S/C29H41NO5S/c1-10-29(11-2,22-12-14-24(19(3)16-22)27(32)30-18-36(9,33)34)23-13-15-25(20(4)17-23)35-21(5)26(31)28(6,7)8/h12-17,21H,10-11,18H2,1-9H3,(H,30,32). The van der Waals surface area contributed by atoms with Crippen molar-refractivity contribution in [3.8, 4) is 5.75 Å². The van der Waals surface area contributed by atoms with Crippen molar-refractivity contribution in [1.29, 1.82) is 0 Å². The van der Waals surface area contributed by atoms with E-state index in [-0.39, 0.29) is 11.2 Å². The predicted molar refractivity (Wildman–Crippen MR) is 145 cm³/mol. The Morgan fingerprint density at radius 3 is 1.92 bits per heavy atom. The van der Waals surface area contributed by atoms with Gasteiger partial charge in [0.05, 0.1) is 0 Å². The number of amides is 1. The van der Waals surface area contributed by atoms with Crippen molar-refractivity contribution in [2.24, 2.45) is 5.41 Å². The van der Waals surface area contributed by atoms with Crippen LogP contribution in [-0.2, 0) is 20.0 Å². The van der Waals surface area contributed by atoms with E-state index in [4.69, 9.17) is 4.74 Å². The number of aryl methyl sites for hydroxylation is 2. The lowest BCUT2D eigenvalue weighted by atomic mass is 9.70. The molecular formula is C29H41NO5S. The van der Waals surface area contributed by atoms with E-state index in [0.717, 1.165) is 41.4 Å². The van der Waals surface area contributed by atoms with Crippen LogP contribution < -0.4 is 10.1 Å². The molecule has 0 aliphatic heterocycles. The lowest BCUT2D eigenvalue weighted by Crippen LogP contribution is -2.34. The van der Waals surface area contributed by atoms with Crippen LogP contribution in [0.5, 0.6) is 5.75 Å². The molecule has 1 unspecified atom stereocenters. The molecule has 7 heteroatoms. The van der Waals surface area contributed by atoms with E-state index in [2.05, 4.69) is 31.3 Å². The van der Waals surface area contributed by atoms with Crippen LogP contribution in [0.1, 0.15) is 87.0 Å². The lowest BCUT2D eigenvalue weighted by molar-refractivity contribution is -0.132.